The first-order valence-corrected chi connectivity index (χ1v) is 5.52. The van der Waals surface area contributed by atoms with Gasteiger partial charge in [-0.25, -0.2) is 4.99 Å². The number of halogens is 3. The number of aromatic nitrogens is 3. The number of rotatable bonds is 1. The molecule has 2 aromatic rings. The molecular formula is C10H10F3N7. The Labute approximate surface area is 110 Å². The Morgan fingerprint density at radius 1 is 1.35 bits per heavy atom. The van der Waals surface area contributed by atoms with E-state index < -0.39 is 12.1 Å². The molecule has 106 valence electrons. The third-order valence-electron chi connectivity index (χ3n) is 2.92. The van der Waals surface area contributed by atoms with Crippen molar-refractivity contribution < 1.29 is 13.2 Å². The highest BCUT2D eigenvalue weighted by Crippen LogP contribution is 2.30. The van der Waals surface area contributed by atoms with E-state index in [1.54, 1.807) is 12.3 Å². The van der Waals surface area contributed by atoms with Crippen molar-refractivity contribution in [3.63, 3.8) is 0 Å². The SMILES string of the molecule is NC1=NC(N)(c2cnn(C(F)(F)F)c2)Nc2[nH]ccc21. The van der Waals surface area contributed by atoms with Crippen LogP contribution < -0.4 is 16.8 Å². The predicted octanol–water partition coefficient (Wildman–Crippen LogP) is 0.587. The van der Waals surface area contributed by atoms with Gasteiger partial charge in [0.1, 0.15) is 11.7 Å². The lowest BCUT2D eigenvalue weighted by Gasteiger charge is -2.30. The highest BCUT2D eigenvalue weighted by atomic mass is 19.4. The summed E-state index contributed by atoms with van der Waals surface area (Å²) < 4.78 is 37.5. The standard InChI is InChI=1S/C10H10F3N7/c11-10(12,13)20-4-5(3-17-20)9(15)18-7(14)6-1-2-16-8(6)19-9/h1-4,16,19H,15H2,(H2,14,18). The summed E-state index contributed by atoms with van der Waals surface area (Å²) in [5, 5.41) is 6.03. The van der Waals surface area contributed by atoms with Crippen molar-refractivity contribution in [2.45, 2.75) is 12.1 Å². The molecule has 0 saturated carbocycles. The van der Waals surface area contributed by atoms with Gasteiger partial charge in [-0.2, -0.15) is 9.78 Å². The Hall–Kier alpha value is -2.49. The summed E-state index contributed by atoms with van der Waals surface area (Å²) in [6.07, 6.45) is -1.25. The van der Waals surface area contributed by atoms with Gasteiger partial charge in [0.25, 0.3) is 0 Å². The molecule has 3 heterocycles. The zero-order valence-electron chi connectivity index (χ0n) is 9.94. The van der Waals surface area contributed by atoms with E-state index in [0.717, 1.165) is 12.4 Å². The van der Waals surface area contributed by atoms with E-state index >= 15 is 0 Å². The first-order chi connectivity index (χ1) is 9.29. The van der Waals surface area contributed by atoms with Crippen molar-refractivity contribution in [2.75, 3.05) is 5.32 Å². The molecular weight excluding hydrogens is 275 g/mol. The van der Waals surface area contributed by atoms with Crippen LogP contribution in [0.15, 0.2) is 29.6 Å². The maximum atomic E-state index is 12.5. The lowest BCUT2D eigenvalue weighted by atomic mass is 10.1. The fourth-order valence-corrected chi connectivity index (χ4v) is 1.95. The zero-order chi connectivity index (χ0) is 14.5. The Morgan fingerprint density at radius 2 is 2.10 bits per heavy atom. The van der Waals surface area contributed by atoms with Crippen LogP contribution in [0.5, 0.6) is 0 Å². The van der Waals surface area contributed by atoms with E-state index in [9.17, 15) is 13.2 Å². The van der Waals surface area contributed by atoms with E-state index in [0.29, 0.717) is 11.4 Å². The van der Waals surface area contributed by atoms with E-state index in [2.05, 4.69) is 20.4 Å². The molecule has 10 heteroatoms. The second kappa shape index (κ2) is 3.76. The van der Waals surface area contributed by atoms with Gasteiger partial charge in [-0.3, -0.25) is 5.73 Å². The van der Waals surface area contributed by atoms with Crippen molar-refractivity contribution >= 4 is 11.7 Å². The van der Waals surface area contributed by atoms with Crippen molar-refractivity contribution in [1.29, 1.82) is 0 Å². The summed E-state index contributed by atoms with van der Waals surface area (Å²) >= 11 is 0. The van der Waals surface area contributed by atoms with Crippen LogP contribution in [-0.2, 0) is 12.1 Å². The topological polar surface area (TPSA) is 110 Å². The number of hydrogen-bond acceptors (Lipinski definition) is 5. The Balaban J connectivity index is 2.02. The number of H-pyrrole nitrogens is 1. The lowest BCUT2D eigenvalue weighted by molar-refractivity contribution is -0.212. The minimum atomic E-state index is -4.61. The van der Waals surface area contributed by atoms with Gasteiger partial charge in [0, 0.05) is 12.4 Å². The molecule has 20 heavy (non-hydrogen) atoms. The molecule has 7 nitrogen and oxygen atoms in total. The molecule has 0 radical (unpaired) electrons. The maximum absolute atomic E-state index is 12.5. The Kier molecular flexibility index (Phi) is 2.36. The van der Waals surface area contributed by atoms with Gasteiger partial charge in [0.05, 0.1) is 17.3 Å². The number of nitrogens with one attached hydrogen (secondary N) is 2. The molecule has 0 fully saturated rings. The molecule has 2 aromatic heterocycles. The van der Waals surface area contributed by atoms with Gasteiger partial charge in [0.2, 0.25) is 5.79 Å². The second-order valence-corrected chi connectivity index (χ2v) is 4.30. The molecule has 0 aromatic carbocycles. The highest BCUT2D eigenvalue weighted by molar-refractivity contribution is 6.03. The number of fused-ring (bicyclic) bond motifs is 1. The summed E-state index contributed by atoms with van der Waals surface area (Å²) in [6, 6.07) is 1.68. The van der Waals surface area contributed by atoms with Crippen LogP contribution in [0.25, 0.3) is 0 Å². The van der Waals surface area contributed by atoms with Gasteiger partial charge in [-0.1, -0.05) is 0 Å². The summed E-state index contributed by atoms with van der Waals surface area (Å²) in [7, 11) is 0. The summed E-state index contributed by atoms with van der Waals surface area (Å²) in [4.78, 5) is 6.86. The van der Waals surface area contributed by atoms with Gasteiger partial charge in [-0.15, -0.1) is 13.2 Å². The highest BCUT2D eigenvalue weighted by Gasteiger charge is 2.37. The normalized spacial score (nSPS) is 22.1. The molecule has 1 aliphatic rings. The Bertz CT molecular complexity index is 683. The van der Waals surface area contributed by atoms with Crippen LogP contribution >= 0.6 is 0 Å². The molecule has 1 unspecified atom stereocenters. The summed E-state index contributed by atoms with van der Waals surface area (Å²) in [5.41, 5.74) is 12.4. The fraction of sp³-hybridized carbons (Fsp3) is 0.200. The van der Waals surface area contributed by atoms with E-state index in [1.807, 2.05) is 0 Å². The molecule has 0 spiro atoms. The number of nitrogens with two attached hydrogens (primary N) is 2. The number of aromatic amines is 1. The van der Waals surface area contributed by atoms with Crippen LogP contribution in [0.3, 0.4) is 0 Å². The van der Waals surface area contributed by atoms with Gasteiger partial charge in [-0.05, 0) is 6.07 Å². The minimum Gasteiger partial charge on any atom is -0.383 e. The number of hydrogen-bond donors (Lipinski definition) is 4. The van der Waals surface area contributed by atoms with Crippen LogP contribution in [0.4, 0.5) is 19.0 Å². The van der Waals surface area contributed by atoms with Crippen molar-refractivity contribution in [1.82, 2.24) is 14.8 Å². The monoisotopic (exact) mass is 285 g/mol. The number of nitrogens with zero attached hydrogens (tertiary/aromatic N) is 3. The van der Waals surface area contributed by atoms with Gasteiger partial charge in [0.15, 0.2) is 0 Å². The third-order valence-corrected chi connectivity index (χ3v) is 2.92. The molecule has 0 bridgehead atoms. The predicted molar refractivity (Wildman–Crippen MR) is 64.5 cm³/mol. The fourth-order valence-electron chi connectivity index (χ4n) is 1.95. The van der Waals surface area contributed by atoms with Crippen LogP contribution in [0, 0.1) is 0 Å². The van der Waals surface area contributed by atoms with Crippen molar-refractivity contribution in [2.24, 2.45) is 16.5 Å². The first-order valence-electron chi connectivity index (χ1n) is 5.52. The molecule has 1 atom stereocenters. The van der Waals surface area contributed by atoms with E-state index in [-0.39, 0.29) is 16.1 Å². The Morgan fingerprint density at radius 3 is 2.75 bits per heavy atom. The summed E-state index contributed by atoms with van der Waals surface area (Å²) in [5.74, 6) is -0.993. The smallest absolute Gasteiger partial charge is 0.383 e. The minimum absolute atomic E-state index is 0.0398. The quantitative estimate of drug-likeness (QED) is 0.614. The maximum Gasteiger partial charge on any atom is 0.504 e. The lowest BCUT2D eigenvalue weighted by Crippen LogP contribution is -2.47. The molecule has 0 saturated heterocycles. The number of aliphatic imine (C=N–C) groups is 1. The molecule has 0 amide bonds. The number of alkyl halides is 3. The van der Waals surface area contributed by atoms with E-state index in [1.165, 1.54) is 0 Å². The van der Waals surface area contributed by atoms with Gasteiger partial charge < -0.3 is 16.0 Å². The summed E-state index contributed by atoms with van der Waals surface area (Å²) in [6.45, 7) is 0. The average molecular weight is 285 g/mol. The zero-order valence-corrected chi connectivity index (χ0v) is 9.94. The van der Waals surface area contributed by atoms with Crippen molar-refractivity contribution in [3.8, 4) is 0 Å². The van der Waals surface area contributed by atoms with E-state index in [4.69, 9.17) is 11.5 Å². The van der Waals surface area contributed by atoms with Crippen LogP contribution in [-0.4, -0.2) is 20.6 Å². The van der Waals surface area contributed by atoms with Crippen LogP contribution in [0.2, 0.25) is 0 Å². The third kappa shape index (κ3) is 1.81. The molecule has 1 aliphatic heterocycles. The molecule has 3 rings (SSSR count). The van der Waals surface area contributed by atoms with Crippen molar-refractivity contribution in [3.05, 3.63) is 35.8 Å². The second-order valence-electron chi connectivity index (χ2n) is 4.30. The average Bonchev–Trinajstić information content (AvgIpc) is 2.95. The molecule has 0 aliphatic carbocycles. The van der Waals surface area contributed by atoms with Gasteiger partial charge >= 0.3 is 6.30 Å². The first kappa shape index (κ1) is 12.5. The molecule has 6 N–H and O–H groups in total. The number of amidine groups is 1. The van der Waals surface area contributed by atoms with Crippen LogP contribution in [0.1, 0.15) is 11.1 Å². The number of anilines is 1. The largest absolute Gasteiger partial charge is 0.504 e.